The van der Waals surface area contributed by atoms with Gasteiger partial charge >= 0.3 is 0 Å². The van der Waals surface area contributed by atoms with E-state index in [0.717, 1.165) is 12.7 Å². The highest BCUT2D eigenvalue weighted by Gasteiger charge is 2.24. The van der Waals surface area contributed by atoms with Crippen molar-refractivity contribution in [1.82, 2.24) is 9.62 Å². The molecule has 0 aromatic heterocycles. The molecule has 1 aromatic rings. The third-order valence-electron chi connectivity index (χ3n) is 3.94. The van der Waals surface area contributed by atoms with Crippen molar-refractivity contribution in [2.24, 2.45) is 0 Å². The minimum Gasteiger partial charge on any atom is -0.368 e. The summed E-state index contributed by atoms with van der Waals surface area (Å²) in [5.41, 5.74) is 0.467. The van der Waals surface area contributed by atoms with Crippen molar-refractivity contribution < 1.29 is 22.3 Å². The molecule has 1 heterocycles. The molecule has 1 aliphatic heterocycles. The van der Waals surface area contributed by atoms with E-state index in [0.29, 0.717) is 18.6 Å². The highest BCUT2D eigenvalue weighted by atomic mass is 32.2. The Morgan fingerprint density at radius 1 is 1.38 bits per heavy atom. The van der Waals surface area contributed by atoms with E-state index in [1.54, 1.807) is 18.2 Å². The van der Waals surface area contributed by atoms with Crippen molar-refractivity contribution in [3.8, 4) is 0 Å². The van der Waals surface area contributed by atoms with Crippen LogP contribution in [0.5, 0.6) is 0 Å². The lowest BCUT2D eigenvalue weighted by molar-refractivity contribution is -0.130. The van der Waals surface area contributed by atoms with Gasteiger partial charge in [0.2, 0.25) is 15.9 Å². The zero-order valence-corrected chi connectivity index (χ0v) is 14.5. The SMILES string of the molecule is CS(=O)(=O)N(CCNC(=O)C1CCCO1)CCc1ccccc1F. The zero-order chi connectivity index (χ0) is 17.6. The minimum absolute atomic E-state index is 0.145. The first-order chi connectivity index (χ1) is 11.4. The van der Waals surface area contributed by atoms with Gasteiger partial charge in [-0.3, -0.25) is 4.79 Å². The summed E-state index contributed by atoms with van der Waals surface area (Å²) in [4.78, 5) is 11.8. The van der Waals surface area contributed by atoms with Crippen molar-refractivity contribution >= 4 is 15.9 Å². The molecule has 1 amide bonds. The molecule has 1 atom stereocenters. The Hall–Kier alpha value is -1.51. The average molecular weight is 358 g/mol. The number of halogens is 1. The van der Waals surface area contributed by atoms with Crippen molar-refractivity contribution in [2.45, 2.75) is 25.4 Å². The van der Waals surface area contributed by atoms with Crippen LogP contribution < -0.4 is 5.32 Å². The number of amides is 1. The molecule has 1 unspecified atom stereocenters. The normalized spacial score (nSPS) is 18.0. The van der Waals surface area contributed by atoms with Gasteiger partial charge in [-0.1, -0.05) is 18.2 Å². The summed E-state index contributed by atoms with van der Waals surface area (Å²) < 4.78 is 43.9. The summed E-state index contributed by atoms with van der Waals surface area (Å²) in [6.07, 6.45) is 2.50. The van der Waals surface area contributed by atoms with E-state index >= 15 is 0 Å². The number of rotatable bonds is 8. The monoisotopic (exact) mass is 358 g/mol. The molecule has 1 fully saturated rings. The number of ether oxygens (including phenoxy) is 1. The number of sulfonamides is 1. The molecular weight excluding hydrogens is 335 g/mol. The zero-order valence-electron chi connectivity index (χ0n) is 13.7. The quantitative estimate of drug-likeness (QED) is 0.750. The van der Waals surface area contributed by atoms with Gasteiger partial charge in [-0.25, -0.2) is 17.1 Å². The Balaban J connectivity index is 1.85. The number of carbonyl (C=O) groups is 1. The summed E-state index contributed by atoms with van der Waals surface area (Å²) in [6, 6.07) is 6.29. The molecular formula is C16H23FN2O4S. The summed E-state index contributed by atoms with van der Waals surface area (Å²) in [5.74, 6) is -0.562. The number of benzene rings is 1. The van der Waals surface area contributed by atoms with E-state index in [9.17, 15) is 17.6 Å². The molecule has 0 spiro atoms. The number of hydrogen-bond donors (Lipinski definition) is 1. The first kappa shape index (κ1) is 18.8. The molecule has 24 heavy (non-hydrogen) atoms. The standard InChI is InChI=1S/C16H23FN2O4S/c1-24(21,22)19(10-8-13-5-2-3-6-14(13)17)11-9-18-16(20)15-7-4-12-23-15/h2-3,5-6,15H,4,7-12H2,1H3,(H,18,20). The van der Waals surface area contributed by atoms with Crippen LogP contribution in [0.3, 0.4) is 0 Å². The van der Waals surface area contributed by atoms with Crippen LogP contribution >= 0.6 is 0 Å². The van der Waals surface area contributed by atoms with Crippen LogP contribution in [0.1, 0.15) is 18.4 Å². The van der Waals surface area contributed by atoms with Crippen LogP contribution in [-0.4, -0.2) is 57.2 Å². The van der Waals surface area contributed by atoms with Gasteiger partial charge in [0, 0.05) is 26.2 Å². The first-order valence-corrected chi connectivity index (χ1v) is 9.80. The van der Waals surface area contributed by atoms with Crippen LogP contribution in [0.2, 0.25) is 0 Å². The van der Waals surface area contributed by atoms with Crippen molar-refractivity contribution in [3.63, 3.8) is 0 Å². The number of nitrogens with one attached hydrogen (secondary N) is 1. The first-order valence-electron chi connectivity index (χ1n) is 7.96. The lowest BCUT2D eigenvalue weighted by atomic mass is 10.1. The second-order valence-electron chi connectivity index (χ2n) is 5.80. The van der Waals surface area contributed by atoms with Crippen LogP contribution in [0, 0.1) is 5.82 Å². The van der Waals surface area contributed by atoms with Crippen LogP contribution in [0.25, 0.3) is 0 Å². The van der Waals surface area contributed by atoms with Crippen LogP contribution in [0.15, 0.2) is 24.3 Å². The molecule has 0 bridgehead atoms. The van der Waals surface area contributed by atoms with Crippen LogP contribution in [0.4, 0.5) is 4.39 Å². The Kier molecular flexibility index (Phi) is 6.70. The maximum Gasteiger partial charge on any atom is 0.249 e. The van der Waals surface area contributed by atoms with Gasteiger partial charge in [0.05, 0.1) is 6.26 Å². The van der Waals surface area contributed by atoms with E-state index in [1.807, 2.05) is 0 Å². The molecule has 1 saturated heterocycles. The summed E-state index contributed by atoms with van der Waals surface area (Å²) >= 11 is 0. The molecule has 2 rings (SSSR count). The molecule has 134 valence electrons. The van der Waals surface area contributed by atoms with Crippen molar-refractivity contribution in [3.05, 3.63) is 35.6 Å². The van der Waals surface area contributed by atoms with Gasteiger partial charge in [-0.05, 0) is 30.9 Å². The van der Waals surface area contributed by atoms with Gasteiger partial charge < -0.3 is 10.1 Å². The topological polar surface area (TPSA) is 75.7 Å². The highest BCUT2D eigenvalue weighted by molar-refractivity contribution is 7.88. The largest absolute Gasteiger partial charge is 0.368 e. The molecule has 6 nitrogen and oxygen atoms in total. The van der Waals surface area contributed by atoms with Gasteiger partial charge in [-0.2, -0.15) is 0 Å². The predicted molar refractivity (Wildman–Crippen MR) is 88.5 cm³/mol. The van der Waals surface area contributed by atoms with E-state index < -0.39 is 16.1 Å². The van der Waals surface area contributed by atoms with Gasteiger partial charge in [0.15, 0.2) is 0 Å². The molecule has 1 aromatic carbocycles. The Bertz CT molecular complexity index is 660. The highest BCUT2D eigenvalue weighted by Crippen LogP contribution is 2.12. The summed E-state index contributed by atoms with van der Waals surface area (Å²) in [7, 11) is -3.44. The molecule has 8 heteroatoms. The van der Waals surface area contributed by atoms with Crippen molar-refractivity contribution in [1.29, 1.82) is 0 Å². The van der Waals surface area contributed by atoms with E-state index in [4.69, 9.17) is 4.74 Å². The summed E-state index contributed by atoms with van der Waals surface area (Å²) in [5, 5.41) is 2.69. The fourth-order valence-corrected chi connectivity index (χ4v) is 3.44. The molecule has 1 N–H and O–H groups in total. The van der Waals surface area contributed by atoms with Crippen LogP contribution in [-0.2, 0) is 26.0 Å². The molecule has 1 aliphatic rings. The smallest absolute Gasteiger partial charge is 0.249 e. The fourth-order valence-electron chi connectivity index (χ4n) is 2.59. The van der Waals surface area contributed by atoms with Gasteiger partial charge in [0.1, 0.15) is 11.9 Å². The fraction of sp³-hybridized carbons (Fsp3) is 0.562. The average Bonchev–Trinajstić information content (AvgIpc) is 3.05. The predicted octanol–water partition coefficient (Wildman–Crippen LogP) is 0.925. The van der Waals surface area contributed by atoms with E-state index in [1.165, 1.54) is 10.4 Å². The maximum absolute atomic E-state index is 13.6. The van der Waals surface area contributed by atoms with E-state index in [2.05, 4.69) is 5.32 Å². The minimum atomic E-state index is -3.44. The van der Waals surface area contributed by atoms with Crippen molar-refractivity contribution in [2.75, 3.05) is 32.5 Å². The van der Waals surface area contributed by atoms with Gasteiger partial charge in [-0.15, -0.1) is 0 Å². The molecule has 0 radical (unpaired) electrons. The molecule has 0 aliphatic carbocycles. The lowest BCUT2D eigenvalue weighted by Gasteiger charge is -2.20. The number of hydrogen-bond acceptors (Lipinski definition) is 4. The Morgan fingerprint density at radius 3 is 2.75 bits per heavy atom. The Morgan fingerprint density at radius 2 is 2.12 bits per heavy atom. The third kappa shape index (κ3) is 5.54. The second kappa shape index (κ2) is 8.55. The van der Waals surface area contributed by atoms with E-state index in [-0.39, 0.29) is 37.8 Å². The Labute approximate surface area is 142 Å². The number of carbonyl (C=O) groups excluding carboxylic acids is 1. The second-order valence-corrected chi connectivity index (χ2v) is 7.78. The number of nitrogens with zero attached hydrogens (tertiary/aromatic N) is 1. The summed E-state index contributed by atoms with van der Waals surface area (Å²) in [6.45, 7) is 1.08. The third-order valence-corrected chi connectivity index (χ3v) is 5.24. The lowest BCUT2D eigenvalue weighted by Crippen LogP contribution is -2.42. The molecule has 0 saturated carbocycles. The van der Waals surface area contributed by atoms with Gasteiger partial charge in [0.25, 0.3) is 0 Å². The maximum atomic E-state index is 13.6.